The Morgan fingerprint density at radius 2 is 2.35 bits per heavy atom. The van der Waals surface area contributed by atoms with E-state index in [1.54, 1.807) is 16.9 Å². The number of rotatable bonds is 4. The highest BCUT2D eigenvalue weighted by Gasteiger charge is 2.28. The first-order chi connectivity index (χ1) is 8.26. The number of carbonyl (C=O) groups excluding carboxylic acids is 1. The van der Waals surface area contributed by atoms with Gasteiger partial charge in [-0.25, -0.2) is 0 Å². The zero-order chi connectivity index (χ0) is 12.3. The van der Waals surface area contributed by atoms with Crippen molar-refractivity contribution in [1.29, 1.82) is 0 Å². The summed E-state index contributed by atoms with van der Waals surface area (Å²) in [6.07, 6.45) is 1.32. The molecular formula is C12H19N3O2. The topological polar surface area (TPSA) is 47.4 Å². The molecule has 1 fully saturated rings. The minimum atomic E-state index is -0.342. The second-order valence-electron chi connectivity index (χ2n) is 4.15. The van der Waals surface area contributed by atoms with Crippen LogP contribution < -0.4 is 0 Å². The number of Topliss-reactive ketones (excluding diaryl/α,β-unsaturated/α-hetero) is 1. The third kappa shape index (κ3) is 2.56. The van der Waals surface area contributed by atoms with Crippen LogP contribution >= 0.6 is 0 Å². The summed E-state index contributed by atoms with van der Waals surface area (Å²) >= 11 is 0. The molecule has 0 N–H and O–H groups in total. The molecule has 1 aliphatic rings. The van der Waals surface area contributed by atoms with Gasteiger partial charge < -0.3 is 4.74 Å². The summed E-state index contributed by atoms with van der Waals surface area (Å²) in [5, 5.41) is 4.12. The van der Waals surface area contributed by atoms with Crippen molar-refractivity contribution in [3.05, 3.63) is 18.0 Å². The van der Waals surface area contributed by atoms with E-state index in [0.29, 0.717) is 25.4 Å². The normalized spacial score (nSPS) is 21.6. The van der Waals surface area contributed by atoms with E-state index in [2.05, 4.69) is 16.9 Å². The van der Waals surface area contributed by atoms with E-state index in [1.165, 1.54) is 0 Å². The standard InChI is InChI=1S/C12H19N3O2/c1-3-14-7-8-17-11(9-14)12(16)10-5-6-13-15(10)4-2/h5-6,11H,3-4,7-9H2,1-2H3. The average molecular weight is 237 g/mol. The molecule has 1 aromatic heterocycles. The average Bonchev–Trinajstić information content (AvgIpc) is 2.86. The molecule has 1 unspecified atom stereocenters. The lowest BCUT2D eigenvalue weighted by molar-refractivity contribution is -0.0153. The zero-order valence-corrected chi connectivity index (χ0v) is 10.4. The summed E-state index contributed by atoms with van der Waals surface area (Å²) in [6.45, 7) is 7.97. The summed E-state index contributed by atoms with van der Waals surface area (Å²) in [5.74, 6) is 0.0440. The van der Waals surface area contributed by atoms with Gasteiger partial charge in [0.2, 0.25) is 5.78 Å². The lowest BCUT2D eigenvalue weighted by Crippen LogP contribution is -2.46. The summed E-state index contributed by atoms with van der Waals surface area (Å²) in [4.78, 5) is 14.5. The minimum Gasteiger partial charge on any atom is -0.367 e. The van der Waals surface area contributed by atoms with Crippen LogP contribution in [0.25, 0.3) is 0 Å². The van der Waals surface area contributed by atoms with Gasteiger partial charge in [-0.3, -0.25) is 14.4 Å². The molecule has 0 saturated carbocycles. The fraction of sp³-hybridized carbons (Fsp3) is 0.667. The Balaban J connectivity index is 2.09. The van der Waals surface area contributed by atoms with Gasteiger partial charge >= 0.3 is 0 Å². The Bertz CT molecular complexity index is 389. The number of carbonyl (C=O) groups is 1. The minimum absolute atomic E-state index is 0.0440. The van der Waals surface area contributed by atoms with Gasteiger partial charge in [0.25, 0.3) is 0 Å². The van der Waals surface area contributed by atoms with Gasteiger partial charge in [-0.1, -0.05) is 6.92 Å². The molecule has 94 valence electrons. The van der Waals surface area contributed by atoms with Crippen molar-refractivity contribution in [3.63, 3.8) is 0 Å². The monoisotopic (exact) mass is 237 g/mol. The van der Waals surface area contributed by atoms with E-state index in [-0.39, 0.29) is 11.9 Å². The van der Waals surface area contributed by atoms with Crippen LogP contribution in [0.4, 0.5) is 0 Å². The molecule has 0 amide bonds. The predicted molar refractivity (Wildman–Crippen MR) is 64.1 cm³/mol. The molecule has 0 spiro atoms. The molecule has 1 saturated heterocycles. The quantitative estimate of drug-likeness (QED) is 0.727. The Hall–Kier alpha value is -1.20. The highest BCUT2D eigenvalue weighted by atomic mass is 16.5. The number of ketones is 1. The predicted octanol–water partition coefficient (Wildman–Crippen LogP) is 0.806. The molecule has 17 heavy (non-hydrogen) atoms. The largest absolute Gasteiger partial charge is 0.367 e. The zero-order valence-electron chi connectivity index (χ0n) is 10.4. The van der Waals surface area contributed by atoms with E-state index >= 15 is 0 Å². The van der Waals surface area contributed by atoms with E-state index < -0.39 is 0 Å². The van der Waals surface area contributed by atoms with Gasteiger partial charge in [-0.2, -0.15) is 5.10 Å². The lowest BCUT2D eigenvalue weighted by Gasteiger charge is -2.31. The molecule has 1 atom stereocenters. The number of aromatic nitrogens is 2. The van der Waals surface area contributed by atoms with Crippen LogP contribution in [-0.4, -0.2) is 52.8 Å². The first kappa shape index (κ1) is 12.3. The maximum atomic E-state index is 12.3. The summed E-state index contributed by atoms with van der Waals surface area (Å²) < 4.78 is 7.28. The number of likely N-dealkylation sites (N-methyl/N-ethyl adjacent to an activating group) is 1. The summed E-state index contributed by atoms with van der Waals surface area (Å²) in [7, 11) is 0. The maximum absolute atomic E-state index is 12.3. The first-order valence-electron chi connectivity index (χ1n) is 6.16. The van der Waals surface area contributed by atoms with Gasteiger partial charge in [0.15, 0.2) is 0 Å². The second-order valence-corrected chi connectivity index (χ2v) is 4.15. The molecule has 5 nitrogen and oxygen atoms in total. The molecule has 1 aromatic rings. The third-order valence-electron chi connectivity index (χ3n) is 3.16. The van der Waals surface area contributed by atoms with Crippen molar-refractivity contribution in [1.82, 2.24) is 14.7 Å². The Labute approximate surface area is 101 Å². The molecule has 0 aliphatic carbocycles. The first-order valence-corrected chi connectivity index (χ1v) is 6.16. The lowest BCUT2D eigenvalue weighted by atomic mass is 10.1. The smallest absolute Gasteiger partial charge is 0.210 e. The van der Waals surface area contributed by atoms with Crippen LogP contribution in [0.2, 0.25) is 0 Å². The van der Waals surface area contributed by atoms with Crippen molar-refractivity contribution >= 4 is 5.78 Å². The Morgan fingerprint density at radius 3 is 3.06 bits per heavy atom. The van der Waals surface area contributed by atoms with Gasteiger partial charge in [-0.15, -0.1) is 0 Å². The molecule has 0 radical (unpaired) electrons. The molecule has 1 aliphatic heterocycles. The summed E-state index contributed by atoms with van der Waals surface area (Å²) in [6, 6.07) is 1.76. The number of ether oxygens (including phenoxy) is 1. The maximum Gasteiger partial charge on any atom is 0.210 e. The Morgan fingerprint density at radius 1 is 1.53 bits per heavy atom. The number of nitrogens with zero attached hydrogens (tertiary/aromatic N) is 3. The van der Waals surface area contributed by atoms with Crippen molar-refractivity contribution in [3.8, 4) is 0 Å². The van der Waals surface area contributed by atoms with Crippen molar-refractivity contribution in [2.45, 2.75) is 26.5 Å². The number of hydrogen-bond donors (Lipinski definition) is 0. The molecular weight excluding hydrogens is 218 g/mol. The van der Waals surface area contributed by atoms with Crippen LogP contribution in [0.3, 0.4) is 0 Å². The third-order valence-corrected chi connectivity index (χ3v) is 3.16. The van der Waals surface area contributed by atoms with Gasteiger partial charge in [0.1, 0.15) is 11.8 Å². The fourth-order valence-electron chi connectivity index (χ4n) is 2.11. The van der Waals surface area contributed by atoms with Crippen LogP contribution in [0.15, 0.2) is 12.3 Å². The molecule has 0 aromatic carbocycles. The van der Waals surface area contributed by atoms with Crippen molar-refractivity contribution in [2.75, 3.05) is 26.2 Å². The van der Waals surface area contributed by atoms with Crippen LogP contribution in [-0.2, 0) is 11.3 Å². The number of aryl methyl sites for hydroxylation is 1. The van der Waals surface area contributed by atoms with Crippen molar-refractivity contribution < 1.29 is 9.53 Å². The summed E-state index contributed by atoms with van der Waals surface area (Å²) in [5.41, 5.74) is 0.649. The van der Waals surface area contributed by atoms with Gasteiger partial charge in [0, 0.05) is 25.8 Å². The molecule has 5 heteroatoms. The highest BCUT2D eigenvalue weighted by molar-refractivity contribution is 5.98. The Kier molecular flexibility index (Phi) is 3.91. The van der Waals surface area contributed by atoms with E-state index in [1.807, 2.05) is 6.92 Å². The van der Waals surface area contributed by atoms with Gasteiger partial charge in [-0.05, 0) is 19.5 Å². The highest BCUT2D eigenvalue weighted by Crippen LogP contribution is 2.11. The van der Waals surface area contributed by atoms with Gasteiger partial charge in [0.05, 0.1) is 6.61 Å². The number of hydrogen-bond acceptors (Lipinski definition) is 4. The fourth-order valence-corrected chi connectivity index (χ4v) is 2.11. The number of morpholine rings is 1. The van der Waals surface area contributed by atoms with E-state index in [4.69, 9.17) is 4.74 Å². The SMILES string of the molecule is CCN1CCOC(C(=O)c2ccnn2CC)C1. The van der Waals surface area contributed by atoms with E-state index in [9.17, 15) is 4.79 Å². The molecule has 2 rings (SSSR count). The van der Waals surface area contributed by atoms with E-state index in [0.717, 1.165) is 13.1 Å². The van der Waals surface area contributed by atoms with Crippen LogP contribution in [0.5, 0.6) is 0 Å². The molecule has 2 heterocycles. The van der Waals surface area contributed by atoms with Crippen LogP contribution in [0, 0.1) is 0 Å². The van der Waals surface area contributed by atoms with Crippen LogP contribution in [0.1, 0.15) is 24.3 Å². The molecule has 0 bridgehead atoms. The van der Waals surface area contributed by atoms with Crippen molar-refractivity contribution in [2.24, 2.45) is 0 Å². The second kappa shape index (κ2) is 5.42.